The predicted octanol–water partition coefficient (Wildman–Crippen LogP) is 3.94. The van der Waals surface area contributed by atoms with Gasteiger partial charge in [-0.25, -0.2) is 4.68 Å². The van der Waals surface area contributed by atoms with Crippen LogP contribution in [0.3, 0.4) is 0 Å². The molecule has 0 radical (unpaired) electrons. The average Bonchev–Trinajstić information content (AvgIpc) is 3.17. The van der Waals surface area contributed by atoms with Crippen molar-refractivity contribution in [2.75, 3.05) is 11.6 Å². The number of aromatic nitrogens is 2. The summed E-state index contributed by atoms with van der Waals surface area (Å²) in [6.45, 7) is 0.659. The fraction of sp³-hybridized carbons (Fsp3) is 0.188. The monoisotopic (exact) mass is 299 g/mol. The van der Waals surface area contributed by atoms with E-state index in [1.165, 1.54) is 0 Å². The number of hydrogen-bond donors (Lipinski definition) is 1. The Morgan fingerprint density at radius 1 is 1.14 bits per heavy atom. The van der Waals surface area contributed by atoms with E-state index < -0.39 is 0 Å². The van der Waals surface area contributed by atoms with E-state index in [0.717, 1.165) is 28.6 Å². The quantitative estimate of drug-likeness (QED) is 0.748. The standard InChI is InChI=1S/C16H17N3OS/c1-21-12-14-8-7-13(20-14)11-17-15-5-2-3-6-16(15)19-10-4-9-18-19/h2-10,17H,11-12H2,1H3. The van der Waals surface area contributed by atoms with Crippen molar-refractivity contribution in [3.63, 3.8) is 0 Å². The molecule has 0 bridgehead atoms. The number of nitrogens with one attached hydrogen (secondary N) is 1. The van der Waals surface area contributed by atoms with Crippen LogP contribution in [-0.4, -0.2) is 16.0 Å². The molecule has 2 heterocycles. The lowest BCUT2D eigenvalue weighted by atomic mass is 10.2. The first-order valence-corrected chi connectivity index (χ1v) is 8.15. The van der Waals surface area contributed by atoms with E-state index in [0.29, 0.717) is 6.54 Å². The van der Waals surface area contributed by atoms with Gasteiger partial charge < -0.3 is 9.73 Å². The molecule has 2 aromatic heterocycles. The molecular formula is C16H17N3OS. The second-order valence-corrected chi connectivity index (χ2v) is 5.49. The van der Waals surface area contributed by atoms with Crippen LogP contribution in [0.2, 0.25) is 0 Å². The summed E-state index contributed by atoms with van der Waals surface area (Å²) in [7, 11) is 0. The van der Waals surface area contributed by atoms with Gasteiger partial charge in [0.25, 0.3) is 0 Å². The van der Waals surface area contributed by atoms with Crippen molar-refractivity contribution >= 4 is 17.4 Å². The van der Waals surface area contributed by atoms with Crippen LogP contribution in [0, 0.1) is 0 Å². The first-order valence-electron chi connectivity index (χ1n) is 6.76. The lowest BCUT2D eigenvalue weighted by Crippen LogP contribution is -2.04. The second kappa shape index (κ2) is 6.54. The summed E-state index contributed by atoms with van der Waals surface area (Å²) >= 11 is 1.76. The summed E-state index contributed by atoms with van der Waals surface area (Å²) in [5.74, 6) is 2.86. The first kappa shape index (κ1) is 13.8. The molecule has 3 aromatic rings. The predicted molar refractivity (Wildman–Crippen MR) is 86.8 cm³/mol. The van der Waals surface area contributed by atoms with Gasteiger partial charge >= 0.3 is 0 Å². The Labute approximate surface area is 128 Å². The fourth-order valence-corrected chi connectivity index (χ4v) is 2.59. The van der Waals surface area contributed by atoms with Crippen LogP contribution in [-0.2, 0) is 12.3 Å². The Hall–Kier alpha value is -2.14. The summed E-state index contributed by atoms with van der Waals surface area (Å²) in [6, 6.07) is 14.1. The van der Waals surface area contributed by atoms with Gasteiger partial charge in [0.2, 0.25) is 0 Å². The first-order chi connectivity index (χ1) is 10.4. The highest BCUT2D eigenvalue weighted by molar-refractivity contribution is 7.97. The smallest absolute Gasteiger partial charge is 0.123 e. The van der Waals surface area contributed by atoms with Crippen molar-refractivity contribution in [3.8, 4) is 5.69 Å². The molecule has 1 aromatic carbocycles. The molecule has 0 aliphatic heterocycles. The summed E-state index contributed by atoms with van der Waals surface area (Å²) in [6.07, 6.45) is 5.78. The summed E-state index contributed by atoms with van der Waals surface area (Å²) < 4.78 is 7.62. The van der Waals surface area contributed by atoms with Crippen molar-refractivity contribution in [2.45, 2.75) is 12.3 Å². The molecule has 4 nitrogen and oxygen atoms in total. The summed E-state index contributed by atoms with van der Waals surface area (Å²) in [5, 5.41) is 7.69. The van der Waals surface area contributed by atoms with Gasteiger partial charge in [0.1, 0.15) is 11.5 Å². The van der Waals surface area contributed by atoms with Gasteiger partial charge in [0.05, 0.1) is 23.7 Å². The minimum Gasteiger partial charge on any atom is -0.463 e. The van der Waals surface area contributed by atoms with Gasteiger partial charge in [-0.15, -0.1) is 0 Å². The number of thioether (sulfide) groups is 1. The average molecular weight is 299 g/mol. The van der Waals surface area contributed by atoms with Gasteiger partial charge in [0, 0.05) is 12.4 Å². The SMILES string of the molecule is CSCc1ccc(CNc2ccccc2-n2cccn2)o1. The molecular weight excluding hydrogens is 282 g/mol. The number of nitrogens with zero attached hydrogens (tertiary/aromatic N) is 2. The molecule has 0 saturated heterocycles. The van der Waals surface area contributed by atoms with E-state index in [-0.39, 0.29) is 0 Å². The Kier molecular flexibility index (Phi) is 4.31. The molecule has 0 spiro atoms. The second-order valence-electron chi connectivity index (χ2n) is 4.62. The zero-order chi connectivity index (χ0) is 14.5. The van der Waals surface area contributed by atoms with Gasteiger partial charge in [-0.05, 0) is 36.6 Å². The lowest BCUT2D eigenvalue weighted by Gasteiger charge is -2.10. The van der Waals surface area contributed by atoms with Crippen LogP contribution in [0.1, 0.15) is 11.5 Å². The van der Waals surface area contributed by atoms with E-state index >= 15 is 0 Å². The Morgan fingerprint density at radius 2 is 2.00 bits per heavy atom. The molecule has 0 unspecified atom stereocenters. The highest BCUT2D eigenvalue weighted by atomic mass is 32.2. The van der Waals surface area contributed by atoms with E-state index in [1.807, 2.05) is 53.3 Å². The largest absolute Gasteiger partial charge is 0.463 e. The lowest BCUT2D eigenvalue weighted by molar-refractivity contribution is 0.487. The zero-order valence-electron chi connectivity index (χ0n) is 11.8. The van der Waals surface area contributed by atoms with Crippen molar-refractivity contribution in [3.05, 3.63) is 66.4 Å². The molecule has 0 aliphatic carbocycles. The van der Waals surface area contributed by atoms with Gasteiger partial charge in [-0.2, -0.15) is 16.9 Å². The number of hydrogen-bond acceptors (Lipinski definition) is 4. The third-order valence-corrected chi connectivity index (χ3v) is 3.69. The molecule has 1 N–H and O–H groups in total. The van der Waals surface area contributed by atoms with Crippen LogP contribution in [0.5, 0.6) is 0 Å². The van der Waals surface area contributed by atoms with Crippen LogP contribution >= 0.6 is 11.8 Å². The van der Waals surface area contributed by atoms with Crippen molar-refractivity contribution in [1.29, 1.82) is 0 Å². The minimum absolute atomic E-state index is 0.659. The minimum atomic E-state index is 0.659. The Bertz CT molecular complexity index is 691. The van der Waals surface area contributed by atoms with Crippen molar-refractivity contribution in [2.24, 2.45) is 0 Å². The van der Waals surface area contributed by atoms with Crippen molar-refractivity contribution in [1.82, 2.24) is 9.78 Å². The molecule has 0 fully saturated rings. The van der Waals surface area contributed by atoms with E-state index in [2.05, 4.69) is 16.7 Å². The Morgan fingerprint density at radius 3 is 2.81 bits per heavy atom. The van der Waals surface area contributed by atoms with Gasteiger partial charge in [0.15, 0.2) is 0 Å². The fourth-order valence-electron chi connectivity index (χ4n) is 2.15. The topological polar surface area (TPSA) is 43.0 Å². The number of benzene rings is 1. The maximum Gasteiger partial charge on any atom is 0.123 e. The molecule has 108 valence electrons. The Balaban J connectivity index is 1.73. The molecule has 0 saturated carbocycles. The van der Waals surface area contributed by atoms with Crippen molar-refractivity contribution < 1.29 is 4.42 Å². The van der Waals surface area contributed by atoms with Gasteiger partial charge in [-0.1, -0.05) is 12.1 Å². The number of rotatable bonds is 6. The molecule has 5 heteroatoms. The highest BCUT2D eigenvalue weighted by Gasteiger charge is 2.06. The van der Waals surface area contributed by atoms with Gasteiger partial charge in [-0.3, -0.25) is 0 Å². The third-order valence-electron chi connectivity index (χ3n) is 3.11. The molecule has 3 rings (SSSR count). The molecule has 21 heavy (non-hydrogen) atoms. The van der Waals surface area contributed by atoms with E-state index in [4.69, 9.17) is 4.42 Å². The number of para-hydroxylation sites is 2. The van der Waals surface area contributed by atoms with E-state index in [1.54, 1.807) is 18.0 Å². The highest BCUT2D eigenvalue weighted by Crippen LogP contribution is 2.20. The zero-order valence-corrected chi connectivity index (χ0v) is 12.6. The molecule has 0 amide bonds. The van der Waals surface area contributed by atoms with E-state index in [9.17, 15) is 0 Å². The molecule has 0 aliphatic rings. The number of furan rings is 1. The van der Waals surface area contributed by atoms with Crippen LogP contribution in [0.15, 0.2) is 59.3 Å². The summed E-state index contributed by atoms with van der Waals surface area (Å²) in [5.41, 5.74) is 2.06. The van der Waals surface area contributed by atoms with Crippen LogP contribution < -0.4 is 5.32 Å². The van der Waals surface area contributed by atoms with Crippen LogP contribution in [0.4, 0.5) is 5.69 Å². The molecule has 0 atom stereocenters. The third kappa shape index (κ3) is 3.31. The number of anilines is 1. The maximum atomic E-state index is 5.77. The normalized spacial score (nSPS) is 10.7. The summed E-state index contributed by atoms with van der Waals surface area (Å²) in [4.78, 5) is 0. The van der Waals surface area contributed by atoms with Crippen LogP contribution in [0.25, 0.3) is 5.69 Å². The maximum absolute atomic E-state index is 5.77.